The molecule has 1 heterocycles. The van der Waals surface area contributed by atoms with Crippen molar-refractivity contribution in [3.63, 3.8) is 0 Å². The molecule has 1 aromatic carbocycles. The minimum atomic E-state index is -0.917. The summed E-state index contributed by atoms with van der Waals surface area (Å²) in [6.45, 7) is 7.72. The molecule has 0 radical (unpaired) electrons. The van der Waals surface area contributed by atoms with E-state index in [9.17, 15) is 14.7 Å². The highest BCUT2D eigenvalue weighted by Gasteiger charge is 2.54. The molecule has 5 nitrogen and oxygen atoms in total. The number of hydrogen-bond acceptors (Lipinski definition) is 4. The molecule has 0 aliphatic carbocycles. The largest absolute Gasteiger partial charge is 0.481 e. The van der Waals surface area contributed by atoms with Gasteiger partial charge in [-0.15, -0.1) is 0 Å². The van der Waals surface area contributed by atoms with E-state index in [4.69, 9.17) is 9.31 Å². The standard InChI is InChI=1S/C16H21BO5/c1-15(2)16(3,4)22-17(21-15)13(9-14(19)20)12-7-5-11(10-18)6-8-12/h5-8,10,13H,9H2,1-4H3,(H,19,20). The third-order valence-corrected chi connectivity index (χ3v) is 4.50. The highest BCUT2D eigenvalue weighted by atomic mass is 16.7. The molecule has 6 heteroatoms. The average molecular weight is 304 g/mol. The Morgan fingerprint density at radius 2 is 1.68 bits per heavy atom. The molecule has 2 rings (SSSR count). The van der Waals surface area contributed by atoms with Gasteiger partial charge in [0.25, 0.3) is 0 Å². The maximum absolute atomic E-state index is 11.2. The van der Waals surface area contributed by atoms with E-state index in [2.05, 4.69) is 0 Å². The van der Waals surface area contributed by atoms with Gasteiger partial charge in [0.1, 0.15) is 6.29 Å². The lowest BCUT2D eigenvalue weighted by atomic mass is 9.66. The quantitative estimate of drug-likeness (QED) is 0.669. The summed E-state index contributed by atoms with van der Waals surface area (Å²) in [5.74, 6) is -1.35. The Labute approximate surface area is 130 Å². The summed E-state index contributed by atoms with van der Waals surface area (Å²) in [5.41, 5.74) is 0.298. The van der Waals surface area contributed by atoms with Crippen LogP contribution in [0.5, 0.6) is 0 Å². The molecular weight excluding hydrogens is 283 g/mol. The lowest BCUT2D eigenvalue weighted by Gasteiger charge is -2.32. The first-order chi connectivity index (χ1) is 10.2. The van der Waals surface area contributed by atoms with Crippen LogP contribution in [-0.2, 0) is 14.1 Å². The molecule has 0 bridgehead atoms. The monoisotopic (exact) mass is 304 g/mol. The third-order valence-electron chi connectivity index (χ3n) is 4.50. The minimum absolute atomic E-state index is 0.0999. The average Bonchev–Trinajstić information content (AvgIpc) is 2.64. The maximum atomic E-state index is 11.2. The van der Waals surface area contributed by atoms with Crippen molar-refractivity contribution in [2.45, 2.75) is 51.1 Å². The molecule has 1 fully saturated rings. The van der Waals surface area contributed by atoms with Gasteiger partial charge >= 0.3 is 13.1 Å². The van der Waals surface area contributed by atoms with Crippen LogP contribution in [0.1, 0.15) is 55.9 Å². The van der Waals surface area contributed by atoms with E-state index in [0.717, 1.165) is 11.8 Å². The first-order valence-electron chi connectivity index (χ1n) is 7.29. The van der Waals surface area contributed by atoms with Crippen molar-refractivity contribution in [3.05, 3.63) is 35.4 Å². The number of aliphatic carboxylic acids is 1. The van der Waals surface area contributed by atoms with Gasteiger partial charge in [-0.25, -0.2) is 0 Å². The summed E-state index contributed by atoms with van der Waals surface area (Å²) in [6, 6.07) is 6.84. The van der Waals surface area contributed by atoms with Crippen molar-refractivity contribution in [2.75, 3.05) is 0 Å². The second-order valence-electron chi connectivity index (χ2n) is 6.61. The second-order valence-corrected chi connectivity index (χ2v) is 6.61. The Bertz CT molecular complexity index is 548. The van der Waals surface area contributed by atoms with E-state index in [1.54, 1.807) is 24.3 Å². The molecule has 0 spiro atoms. The number of rotatable bonds is 5. The minimum Gasteiger partial charge on any atom is -0.481 e. The summed E-state index contributed by atoms with van der Waals surface area (Å²) < 4.78 is 12.0. The van der Waals surface area contributed by atoms with Gasteiger partial charge in [0.2, 0.25) is 0 Å². The number of carboxylic acids is 1. The number of benzene rings is 1. The highest BCUT2D eigenvalue weighted by Crippen LogP contribution is 2.41. The van der Waals surface area contributed by atoms with Gasteiger partial charge in [0.05, 0.1) is 17.6 Å². The molecule has 118 valence electrons. The number of carbonyl (C=O) groups is 2. The van der Waals surface area contributed by atoms with Gasteiger partial charge in [-0.2, -0.15) is 0 Å². The fourth-order valence-electron chi connectivity index (χ4n) is 2.43. The van der Waals surface area contributed by atoms with Gasteiger partial charge in [0, 0.05) is 11.4 Å². The lowest BCUT2D eigenvalue weighted by molar-refractivity contribution is -0.137. The van der Waals surface area contributed by atoms with E-state index in [1.807, 2.05) is 27.7 Å². The third kappa shape index (κ3) is 3.23. The summed E-state index contributed by atoms with van der Waals surface area (Å²) >= 11 is 0. The fraction of sp³-hybridized carbons (Fsp3) is 0.500. The number of aldehydes is 1. The van der Waals surface area contributed by atoms with Crippen molar-refractivity contribution in [1.82, 2.24) is 0 Å². The van der Waals surface area contributed by atoms with Crippen molar-refractivity contribution >= 4 is 19.4 Å². The molecule has 22 heavy (non-hydrogen) atoms. The SMILES string of the molecule is CC1(C)OB(C(CC(=O)O)c2ccc(C=O)cc2)OC1(C)C. The van der Waals surface area contributed by atoms with Crippen LogP contribution in [0.3, 0.4) is 0 Å². The van der Waals surface area contributed by atoms with Gasteiger partial charge in [-0.3, -0.25) is 9.59 Å². The van der Waals surface area contributed by atoms with E-state index in [-0.39, 0.29) is 6.42 Å². The lowest BCUT2D eigenvalue weighted by Crippen LogP contribution is -2.41. The predicted octanol–water partition coefficient (Wildman–Crippen LogP) is 2.69. The van der Waals surface area contributed by atoms with Crippen LogP contribution in [0.2, 0.25) is 0 Å². The van der Waals surface area contributed by atoms with E-state index in [1.165, 1.54) is 0 Å². The number of carboxylic acid groups (broad SMARTS) is 1. The Hall–Kier alpha value is -1.66. The molecule has 0 amide bonds. The first-order valence-corrected chi connectivity index (χ1v) is 7.29. The van der Waals surface area contributed by atoms with Crippen molar-refractivity contribution < 1.29 is 24.0 Å². The van der Waals surface area contributed by atoms with Gasteiger partial charge in [-0.1, -0.05) is 24.3 Å². The smallest absolute Gasteiger partial charge is 0.466 e. The van der Waals surface area contributed by atoms with E-state index in [0.29, 0.717) is 5.56 Å². The van der Waals surface area contributed by atoms with Crippen molar-refractivity contribution in [1.29, 1.82) is 0 Å². The van der Waals surface area contributed by atoms with Crippen LogP contribution < -0.4 is 0 Å². The molecule has 0 saturated carbocycles. The molecule has 1 atom stereocenters. The van der Waals surface area contributed by atoms with Crippen LogP contribution in [0.25, 0.3) is 0 Å². The fourth-order valence-corrected chi connectivity index (χ4v) is 2.43. The highest BCUT2D eigenvalue weighted by molar-refractivity contribution is 6.48. The van der Waals surface area contributed by atoms with E-state index < -0.39 is 30.1 Å². The Balaban J connectivity index is 2.30. The van der Waals surface area contributed by atoms with Crippen LogP contribution >= 0.6 is 0 Å². The molecule has 1 aromatic rings. The van der Waals surface area contributed by atoms with Gasteiger partial charge in [0.15, 0.2) is 0 Å². The Morgan fingerprint density at radius 3 is 2.09 bits per heavy atom. The van der Waals surface area contributed by atoms with Crippen LogP contribution in [0.4, 0.5) is 0 Å². The predicted molar refractivity (Wildman–Crippen MR) is 82.9 cm³/mol. The molecule has 1 unspecified atom stereocenters. The Morgan fingerprint density at radius 1 is 1.18 bits per heavy atom. The zero-order chi connectivity index (χ0) is 16.5. The summed E-state index contributed by atoms with van der Waals surface area (Å²) in [7, 11) is -0.636. The summed E-state index contributed by atoms with van der Waals surface area (Å²) in [4.78, 5) is 22.0. The second kappa shape index (κ2) is 5.86. The molecule has 1 saturated heterocycles. The topological polar surface area (TPSA) is 72.8 Å². The summed E-state index contributed by atoms with van der Waals surface area (Å²) in [6.07, 6.45) is 0.655. The molecule has 1 N–H and O–H groups in total. The van der Waals surface area contributed by atoms with Crippen molar-refractivity contribution in [2.24, 2.45) is 0 Å². The maximum Gasteiger partial charge on any atom is 0.466 e. The Kier molecular flexibility index (Phi) is 4.45. The normalized spacial score (nSPS) is 20.6. The zero-order valence-corrected chi connectivity index (χ0v) is 13.3. The van der Waals surface area contributed by atoms with Crippen LogP contribution in [0.15, 0.2) is 24.3 Å². The molecule has 1 aliphatic rings. The molecule has 1 aliphatic heterocycles. The number of carbonyl (C=O) groups excluding carboxylic acids is 1. The van der Waals surface area contributed by atoms with Gasteiger partial charge < -0.3 is 14.4 Å². The van der Waals surface area contributed by atoms with Crippen LogP contribution in [0, 0.1) is 0 Å². The van der Waals surface area contributed by atoms with Crippen molar-refractivity contribution in [3.8, 4) is 0 Å². The molecular formula is C16H21BO5. The first kappa shape index (κ1) is 16.7. The zero-order valence-electron chi connectivity index (χ0n) is 13.3. The number of hydrogen-bond donors (Lipinski definition) is 1. The van der Waals surface area contributed by atoms with E-state index >= 15 is 0 Å². The molecule has 0 aromatic heterocycles. The van der Waals surface area contributed by atoms with Crippen LogP contribution in [-0.4, -0.2) is 35.7 Å². The summed E-state index contributed by atoms with van der Waals surface area (Å²) in [5, 5.41) is 9.20. The van der Waals surface area contributed by atoms with Gasteiger partial charge in [-0.05, 0) is 33.3 Å².